The molecule has 1 saturated heterocycles. The summed E-state index contributed by atoms with van der Waals surface area (Å²) in [6.45, 7) is -0.667. The average molecular weight is 694 g/mol. The Labute approximate surface area is 273 Å². The predicted molar refractivity (Wildman–Crippen MR) is 167 cm³/mol. The van der Waals surface area contributed by atoms with Gasteiger partial charge < -0.3 is 19.7 Å². The number of amidine groups is 1. The Bertz CT molecular complexity index is 1810. The molecule has 0 radical (unpaired) electrons. The fourth-order valence-corrected chi connectivity index (χ4v) is 5.16. The molecule has 252 valence electrons. The molecule has 3 amide bonds. The normalized spacial score (nSPS) is 14.4. The van der Waals surface area contributed by atoms with Crippen LogP contribution in [0, 0.1) is 0 Å². The topological polar surface area (TPSA) is 114 Å². The molecule has 2 heterocycles. The number of amides is 3. The SMILES string of the molecule is CN(C)c1ccc(OCCC(F)(F)F)c(N2C(=O)CS/C2=N\C(=O)Nc2ccc(-c3ncn(-c4ccc(OC(F)(F)F)cc4)n3)cc2)c1. The molecule has 1 aliphatic rings. The van der Waals surface area contributed by atoms with E-state index in [1.54, 1.807) is 55.4 Å². The summed E-state index contributed by atoms with van der Waals surface area (Å²) in [5, 5.41) is 6.95. The third-order valence-electron chi connectivity index (χ3n) is 6.53. The number of benzene rings is 3. The molecular formula is C30H25F6N7O4S. The van der Waals surface area contributed by atoms with Crippen LogP contribution in [-0.2, 0) is 4.79 Å². The van der Waals surface area contributed by atoms with Crippen LogP contribution in [-0.4, -0.2) is 70.9 Å². The minimum atomic E-state index is -4.81. The van der Waals surface area contributed by atoms with Crippen LogP contribution in [0.15, 0.2) is 78.0 Å². The molecule has 4 aromatic rings. The Morgan fingerprint density at radius 2 is 1.73 bits per heavy atom. The molecule has 0 aliphatic carbocycles. The molecule has 0 unspecified atom stereocenters. The van der Waals surface area contributed by atoms with Crippen molar-refractivity contribution in [3.8, 4) is 28.6 Å². The highest BCUT2D eigenvalue weighted by Crippen LogP contribution is 2.38. The fourth-order valence-electron chi connectivity index (χ4n) is 4.30. The van der Waals surface area contributed by atoms with Crippen LogP contribution in [0.5, 0.6) is 11.5 Å². The monoisotopic (exact) mass is 693 g/mol. The van der Waals surface area contributed by atoms with E-state index in [9.17, 15) is 35.9 Å². The van der Waals surface area contributed by atoms with E-state index < -0.39 is 37.5 Å². The lowest BCUT2D eigenvalue weighted by molar-refractivity contribution is -0.274. The van der Waals surface area contributed by atoms with Crippen LogP contribution in [0.3, 0.4) is 0 Å². The molecule has 1 aromatic heterocycles. The lowest BCUT2D eigenvalue weighted by Gasteiger charge is -2.23. The summed E-state index contributed by atoms with van der Waals surface area (Å²) >= 11 is 0.987. The number of alkyl halides is 6. The van der Waals surface area contributed by atoms with Crippen molar-refractivity contribution in [2.24, 2.45) is 4.99 Å². The van der Waals surface area contributed by atoms with Crippen molar-refractivity contribution >= 4 is 45.9 Å². The van der Waals surface area contributed by atoms with Gasteiger partial charge in [-0.2, -0.15) is 18.2 Å². The summed E-state index contributed by atoms with van der Waals surface area (Å²) in [4.78, 5) is 36.9. The number of hydrogen-bond acceptors (Lipinski definition) is 8. The number of rotatable bonds is 9. The van der Waals surface area contributed by atoms with Gasteiger partial charge in [0.1, 0.15) is 17.8 Å². The van der Waals surface area contributed by atoms with E-state index in [1.807, 2.05) is 0 Å². The molecule has 5 rings (SSSR count). The average Bonchev–Trinajstić information content (AvgIpc) is 3.64. The summed E-state index contributed by atoms with van der Waals surface area (Å²) < 4.78 is 86.1. The van der Waals surface area contributed by atoms with Crippen molar-refractivity contribution in [1.29, 1.82) is 0 Å². The Morgan fingerprint density at radius 1 is 1.02 bits per heavy atom. The zero-order chi connectivity index (χ0) is 34.6. The Morgan fingerprint density at radius 3 is 2.38 bits per heavy atom. The van der Waals surface area contributed by atoms with Crippen LogP contribution in [0.4, 0.5) is 48.2 Å². The van der Waals surface area contributed by atoms with Gasteiger partial charge in [0.25, 0.3) is 0 Å². The minimum absolute atomic E-state index is 0.0124. The van der Waals surface area contributed by atoms with Gasteiger partial charge in [0, 0.05) is 31.0 Å². The first-order chi connectivity index (χ1) is 22.6. The first kappa shape index (κ1) is 34.1. The molecule has 11 nitrogen and oxygen atoms in total. The van der Waals surface area contributed by atoms with Crippen LogP contribution in [0.25, 0.3) is 17.1 Å². The van der Waals surface area contributed by atoms with Crippen molar-refractivity contribution in [1.82, 2.24) is 14.8 Å². The fraction of sp³-hybridized carbons (Fsp3) is 0.233. The molecule has 0 bridgehead atoms. The highest BCUT2D eigenvalue weighted by Gasteiger charge is 2.34. The molecule has 1 N–H and O–H groups in total. The number of anilines is 3. The third kappa shape index (κ3) is 8.75. The summed E-state index contributed by atoms with van der Waals surface area (Å²) in [6, 6.07) is 15.3. The maximum atomic E-state index is 12.9. The van der Waals surface area contributed by atoms with Crippen LogP contribution >= 0.6 is 11.8 Å². The van der Waals surface area contributed by atoms with Gasteiger partial charge in [-0.1, -0.05) is 11.8 Å². The molecule has 18 heteroatoms. The second-order valence-electron chi connectivity index (χ2n) is 10.2. The summed E-state index contributed by atoms with van der Waals surface area (Å²) in [6.07, 6.45) is -9.05. The van der Waals surface area contributed by atoms with E-state index in [2.05, 4.69) is 25.1 Å². The Hall–Kier alpha value is -5.26. The molecular weight excluding hydrogens is 668 g/mol. The van der Waals surface area contributed by atoms with Gasteiger partial charge in [0.15, 0.2) is 11.0 Å². The Kier molecular flexibility index (Phi) is 9.83. The van der Waals surface area contributed by atoms with Crippen LogP contribution in [0.1, 0.15) is 6.42 Å². The first-order valence-electron chi connectivity index (χ1n) is 13.9. The number of carbonyl (C=O) groups excluding carboxylic acids is 2. The number of carbonyl (C=O) groups is 2. The van der Waals surface area contributed by atoms with E-state index in [0.29, 0.717) is 28.5 Å². The second kappa shape index (κ2) is 13.8. The van der Waals surface area contributed by atoms with Gasteiger partial charge in [-0.15, -0.1) is 18.3 Å². The maximum Gasteiger partial charge on any atom is 0.573 e. The quantitative estimate of drug-likeness (QED) is 0.189. The zero-order valence-corrected chi connectivity index (χ0v) is 25.9. The van der Waals surface area contributed by atoms with Gasteiger partial charge in [0.05, 0.1) is 30.2 Å². The summed E-state index contributed by atoms with van der Waals surface area (Å²) in [5.74, 6) is -0.552. The van der Waals surface area contributed by atoms with Gasteiger partial charge >= 0.3 is 18.6 Å². The third-order valence-corrected chi connectivity index (χ3v) is 7.45. The molecule has 0 atom stereocenters. The van der Waals surface area contributed by atoms with Gasteiger partial charge in [-0.3, -0.25) is 9.69 Å². The Balaban J connectivity index is 1.28. The minimum Gasteiger partial charge on any atom is -0.491 e. The molecule has 3 aromatic carbocycles. The molecule has 0 saturated carbocycles. The summed E-state index contributed by atoms with van der Waals surface area (Å²) in [5.41, 5.74) is 2.13. The molecule has 48 heavy (non-hydrogen) atoms. The van der Waals surface area contributed by atoms with Gasteiger partial charge in [-0.25, -0.2) is 14.5 Å². The van der Waals surface area contributed by atoms with Gasteiger partial charge in [-0.05, 0) is 66.7 Å². The van der Waals surface area contributed by atoms with Crippen molar-refractivity contribution in [2.75, 3.05) is 41.6 Å². The lowest BCUT2D eigenvalue weighted by Crippen LogP contribution is -2.31. The first-order valence-corrected chi connectivity index (χ1v) is 14.9. The summed E-state index contributed by atoms with van der Waals surface area (Å²) in [7, 11) is 3.50. The van der Waals surface area contributed by atoms with Gasteiger partial charge in [0.2, 0.25) is 5.91 Å². The van der Waals surface area contributed by atoms with E-state index in [1.165, 1.54) is 29.2 Å². The largest absolute Gasteiger partial charge is 0.573 e. The predicted octanol–water partition coefficient (Wildman–Crippen LogP) is 6.90. The number of ether oxygens (including phenoxy) is 2. The molecule has 1 aliphatic heterocycles. The number of nitrogens with one attached hydrogen (secondary N) is 1. The molecule has 1 fully saturated rings. The van der Waals surface area contributed by atoms with Crippen LogP contribution < -0.4 is 24.6 Å². The van der Waals surface area contributed by atoms with E-state index >= 15 is 0 Å². The zero-order valence-electron chi connectivity index (χ0n) is 25.0. The van der Waals surface area contributed by atoms with E-state index in [0.717, 1.165) is 28.8 Å². The number of hydrogen-bond donors (Lipinski definition) is 1. The van der Waals surface area contributed by atoms with Crippen molar-refractivity contribution in [3.05, 3.63) is 73.1 Å². The number of urea groups is 1. The number of nitrogens with zero attached hydrogens (tertiary/aromatic N) is 6. The van der Waals surface area contributed by atoms with E-state index in [-0.39, 0.29) is 28.1 Å². The second-order valence-corrected chi connectivity index (χ2v) is 11.2. The van der Waals surface area contributed by atoms with Crippen molar-refractivity contribution in [3.63, 3.8) is 0 Å². The highest BCUT2D eigenvalue weighted by atomic mass is 32.2. The maximum absolute atomic E-state index is 12.9. The smallest absolute Gasteiger partial charge is 0.491 e. The van der Waals surface area contributed by atoms with Crippen LogP contribution in [0.2, 0.25) is 0 Å². The van der Waals surface area contributed by atoms with Crippen molar-refractivity contribution in [2.45, 2.75) is 19.0 Å². The standard InChI is InChI=1S/C30H25F6N7O4S/c1-41(2)21-9-12-24(46-14-13-29(31,32)33)23(15-21)43-25(44)16-48-28(43)39-27(45)38-19-5-3-18(4-6-19)26-37-17-42(40-26)20-7-10-22(11-8-20)47-30(34,35)36/h3-12,15,17H,13-14,16H2,1-2H3,(H,38,45)/b39-28-. The van der Waals surface area contributed by atoms with E-state index in [4.69, 9.17) is 4.74 Å². The number of halogens is 6. The molecule has 0 spiro atoms. The lowest BCUT2D eigenvalue weighted by atomic mass is 10.2. The highest BCUT2D eigenvalue weighted by molar-refractivity contribution is 8.15. The number of aromatic nitrogens is 3. The number of thioether (sulfide) groups is 1. The van der Waals surface area contributed by atoms with Crippen molar-refractivity contribution < 1.29 is 45.4 Å². The number of aliphatic imine (C=N–C) groups is 1.